The molecule has 0 fully saturated rings. The number of ether oxygens (including phenoxy) is 2. The average Bonchev–Trinajstić information content (AvgIpc) is 2.38. The summed E-state index contributed by atoms with van der Waals surface area (Å²) in [6.45, 7) is 3.84. The molecule has 0 aliphatic rings. The largest absolute Gasteiger partial charge is 0.496 e. The number of rotatable bonds is 5. The van der Waals surface area contributed by atoms with Crippen molar-refractivity contribution < 1.29 is 14.3 Å². The molecular formula is C14H21NO3. The van der Waals surface area contributed by atoms with Gasteiger partial charge in [-0.05, 0) is 13.0 Å². The van der Waals surface area contributed by atoms with Crippen molar-refractivity contribution >= 4 is 5.97 Å². The van der Waals surface area contributed by atoms with Crippen LogP contribution < -0.4 is 10.5 Å². The van der Waals surface area contributed by atoms with Crippen LogP contribution in [0.15, 0.2) is 24.3 Å². The topological polar surface area (TPSA) is 61.5 Å². The molecule has 0 radical (unpaired) electrons. The molecule has 0 spiro atoms. The molecule has 0 aliphatic heterocycles. The third-order valence-electron chi connectivity index (χ3n) is 3.47. The van der Waals surface area contributed by atoms with Crippen molar-refractivity contribution in [3.8, 4) is 5.75 Å². The summed E-state index contributed by atoms with van der Waals surface area (Å²) in [5, 5.41) is 0. The van der Waals surface area contributed by atoms with Crippen LogP contribution in [0.3, 0.4) is 0 Å². The van der Waals surface area contributed by atoms with E-state index in [1.165, 1.54) is 7.11 Å². The second kappa shape index (κ2) is 5.87. The molecule has 0 heterocycles. The number of nitrogens with two attached hydrogens (primary N) is 1. The van der Waals surface area contributed by atoms with Gasteiger partial charge in [0, 0.05) is 17.0 Å². The summed E-state index contributed by atoms with van der Waals surface area (Å²) in [5.41, 5.74) is 6.48. The van der Waals surface area contributed by atoms with E-state index in [0.717, 1.165) is 11.3 Å². The van der Waals surface area contributed by atoms with Gasteiger partial charge in [0.15, 0.2) is 0 Å². The molecule has 0 amide bonds. The summed E-state index contributed by atoms with van der Waals surface area (Å²) >= 11 is 0. The molecule has 0 aliphatic carbocycles. The summed E-state index contributed by atoms with van der Waals surface area (Å²) < 4.78 is 10.1. The quantitative estimate of drug-likeness (QED) is 0.811. The van der Waals surface area contributed by atoms with Crippen LogP contribution in [0.2, 0.25) is 0 Å². The lowest BCUT2D eigenvalue weighted by Crippen LogP contribution is -2.43. The van der Waals surface area contributed by atoms with Gasteiger partial charge in [0.2, 0.25) is 0 Å². The number of carbonyl (C=O) groups excluding carboxylic acids is 1. The van der Waals surface area contributed by atoms with Crippen LogP contribution in [0.1, 0.15) is 25.8 Å². The van der Waals surface area contributed by atoms with E-state index in [0.29, 0.717) is 0 Å². The number of benzene rings is 1. The lowest BCUT2D eigenvalue weighted by atomic mass is 9.74. The third kappa shape index (κ3) is 2.82. The Morgan fingerprint density at radius 3 is 2.50 bits per heavy atom. The predicted molar refractivity (Wildman–Crippen MR) is 70.6 cm³/mol. The van der Waals surface area contributed by atoms with Crippen LogP contribution in [0.5, 0.6) is 5.75 Å². The number of methoxy groups -OCH3 is 2. The van der Waals surface area contributed by atoms with Gasteiger partial charge in [-0.2, -0.15) is 0 Å². The van der Waals surface area contributed by atoms with Crippen LogP contribution in [-0.4, -0.2) is 26.2 Å². The summed E-state index contributed by atoms with van der Waals surface area (Å²) in [5.74, 6) is 0.460. The third-order valence-corrected chi connectivity index (χ3v) is 3.47. The van der Waals surface area contributed by atoms with Gasteiger partial charge in [0.05, 0.1) is 20.6 Å². The number of hydrogen-bond acceptors (Lipinski definition) is 4. The lowest BCUT2D eigenvalue weighted by molar-refractivity contribution is -0.142. The molecule has 0 saturated heterocycles. The molecule has 2 unspecified atom stereocenters. The monoisotopic (exact) mass is 251 g/mol. The normalized spacial score (nSPS) is 15.6. The van der Waals surface area contributed by atoms with E-state index in [9.17, 15) is 4.79 Å². The highest BCUT2D eigenvalue weighted by Gasteiger charge is 2.36. The smallest absolute Gasteiger partial charge is 0.306 e. The molecule has 4 heteroatoms. The van der Waals surface area contributed by atoms with E-state index in [2.05, 4.69) is 0 Å². The first-order chi connectivity index (χ1) is 8.45. The number of para-hydroxylation sites is 1. The van der Waals surface area contributed by atoms with E-state index < -0.39 is 5.41 Å². The second-order valence-electron chi connectivity index (χ2n) is 4.66. The van der Waals surface area contributed by atoms with Gasteiger partial charge >= 0.3 is 5.97 Å². The molecule has 0 saturated carbocycles. The van der Waals surface area contributed by atoms with E-state index in [1.807, 2.05) is 38.1 Å². The highest BCUT2D eigenvalue weighted by Crippen LogP contribution is 2.36. The summed E-state index contributed by atoms with van der Waals surface area (Å²) in [6.07, 6.45) is 0.224. The first-order valence-corrected chi connectivity index (χ1v) is 5.91. The van der Waals surface area contributed by atoms with Crippen molar-refractivity contribution in [2.45, 2.75) is 31.7 Å². The Balaban J connectivity index is 3.22. The molecule has 1 aromatic rings. The van der Waals surface area contributed by atoms with Gasteiger partial charge in [0.1, 0.15) is 5.75 Å². The Morgan fingerprint density at radius 1 is 1.39 bits per heavy atom. The van der Waals surface area contributed by atoms with Crippen LogP contribution >= 0.6 is 0 Å². The fraction of sp³-hybridized carbons (Fsp3) is 0.500. The van der Waals surface area contributed by atoms with Gasteiger partial charge in [-0.25, -0.2) is 0 Å². The van der Waals surface area contributed by atoms with Gasteiger partial charge in [-0.3, -0.25) is 4.79 Å². The maximum absolute atomic E-state index is 11.6. The van der Waals surface area contributed by atoms with Crippen LogP contribution in [0.4, 0.5) is 0 Å². The van der Waals surface area contributed by atoms with Crippen LogP contribution in [-0.2, 0) is 14.9 Å². The number of esters is 1. The van der Waals surface area contributed by atoms with E-state index >= 15 is 0 Å². The fourth-order valence-corrected chi connectivity index (χ4v) is 1.99. The number of carbonyl (C=O) groups is 1. The van der Waals surface area contributed by atoms with Crippen LogP contribution in [0, 0.1) is 0 Å². The maximum atomic E-state index is 11.6. The van der Waals surface area contributed by atoms with Crippen molar-refractivity contribution in [1.82, 2.24) is 0 Å². The average molecular weight is 251 g/mol. The van der Waals surface area contributed by atoms with Crippen LogP contribution in [0.25, 0.3) is 0 Å². The predicted octanol–water partition coefficient (Wildman–Crippen LogP) is 1.86. The summed E-state index contributed by atoms with van der Waals surface area (Å²) in [4.78, 5) is 11.6. The molecule has 18 heavy (non-hydrogen) atoms. The molecule has 0 bridgehead atoms. The first kappa shape index (κ1) is 14.5. The van der Waals surface area contributed by atoms with E-state index in [4.69, 9.17) is 15.2 Å². The molecule has 1 aromatic carbocycles. The Bertz CT molecular complexity index is 417. The van der Waals surface area contributed by atoms with Crippen molar-refractivity contribution in [1.29, 1.82) is 0 Å². The first-order valence-electron chi connectivity index (χ1n) is 5.91. The van der Waals surface area contributed by atoms with Gasteiger partial charge in [-0.15, -0.1) is 0 Å². The molecule has 2 N–H and O–H groups in total. The number of hydrogen-bond donors (Lipinski definition) is 1. The SMILES string of the molecule is COC(=O)CC(C)(c1ccccc1OC)C(C)N. The zero-order chi connectivity index (χ0) is 13.8. The Hall–Kier alpha value is -1.55. The lowest BCUT2D eigenvalue weighted by Gasteiger charge is -2.34. The molecule has 2 atom stereocenters. The highest BCUT2D eigenvalue weighted by molar-refractivity contribution is 5.72. The maximum Gasteiger partial charge on any atom is 0.306 e. The van der Waals surface area contributed by atoms with E-state index in [-0.39, 0.29) is 18.4 Å². The highest BCUT2D eigenvalue weighted by atomic mass is 16.5. The zero-order valence-corrected chi connectivity index (χ0v) is 11.4. The van der Waals surface area contributed by atoms with Gasteiger partial charge in [0.25, 0.3) is 0 Å². The minimum absolute atomic E-state index is 0.201. The van der Waals surface area contributed by atoms with Gasteiger partial charge < -0.3 is 15.2 Å². The zero-order valence-electron chi connectivity index (χ0n) is 11.4. The summed E-state index contributed by atoms with van der Waals surface area (Å²) in [6, 6.07) is 7.41. The molecule has 4 nitrogen and oxygen atoms in total. The molecule has 0 aromatic heterocycles. The fourth-order valence-electron chi connectivity index (χ4n) is 1.99. The molecule has 1 rings (SSSR count). The minimum atomic E-state index is -0.514. The standard InChI is InChI=1S/C14H21NO3/c1-10(15)14(2,9-13(16)18-4)11-7-5-6-8-12(11)17-3/h5-8,10H,9,15H2,1-4H3. The van der Waals surface area contributed by atoms with Crippen molar-refractivity contribution in [3.63, 3.8) is 0 Å². The Kier molecular flexibility index (Phi) is 4.73. The minimum Gasteiger partial charge on any atom is -0.496 e. The Labute approximate surface area is 108 Å². The molecular weight excluding hydrogens is 230 g/mol. The van der Waals surface area contributed by atoms with Gasteiger partial charge in [-0.1, -0.05) is 25.1 Å². The summed E-state index contributed by atoms with van der Waals surface area (Å²) in [7, 11) is 2.99. The Morgan fingerprint density at radius 2 is 2.00 bits per heavy atom. The van der Waals surface area contributed by atoms with Crippen molar-refractivity contribution in [3.05, 3.63) is 29.8 Å². The van der Waals surface area contributed by atoms with Crippen molar-refractivity contribution in [2.75, 3.05) is 14.2 Å². The molecule has 100 valence electrons. The second-order valence-corrected chi connectivity index (χ2v) is 4.66. The van der Waals surface area contributed by atoms with E-state index in [1.54, 1.807) is 7.11 Å². The van der Waals surface area contributed by atoms with Crippen molar-refractivity contribution in [2.24, 2.45) is 5.73 Å².